The average Bonchev–Trinajstić information content (AvgIpc) is 2.42. The van der Waals surface area contributed by atoms with Crippen molar-refractivity contribution in [1.29, 1.82) is 0 Å². The van der Waals surface area contributed by atoms with Gasteiger partial charge in [-0.3, -0.25) is 0 Å². The Balaban J connectivity index is 0.000000771. The molecule has 0 atom stereocenters. The van der Waals surface area contributed by atoms with Crippen LogP contribution in [0.15, 0.2) is 0 Å². The molecule has 0 radical (unpaired) electrons. The van der Waals surface area contributed by atoms with E-state index in [9.17, 15) is 0 Å². The molecule has 108 valence electrons. The Morgan fingerprint density at radius 3 is 1.78 bits per heavy atom. The predicted molar refractivity (Wildman–Crippen MR) is 81.0 cm³/mol. The van der Waals surface area contributed by atoms with Crippen LogP contribution in [0.5, 0.6) is 0 Å². The summed E-state index contributed by atoms with van der Waals surface area (Å²) in [6.45, 7) is 14.1. The Morgan fingerprint density at radius 1 is 0.833 bits per heavy atom. The summed E-state index contributed by atoms with van der Waals surface area (Å²) in [5.74, 6) is 1.88. The highest BCUT2D eigenvalue weighted by molar-refractivity contribution is 4.83. The van der Waals surface area contributed by atoms with Gasteiger partial charge >= 0.3 is 0 Å². The minimum atomic E-state index is 0.889. The van der Waals surface area contributed by atoms with E-state index in [4.69, 9.17) is 0 Å². The molecule has 2 saturated heterocycles. The first-order chi connectivity index (χ1) is 8.66. The summed E-state index contributed by atoms with van der Waals surface area (Å²) < 4.78 is 0. The largest absolute Gasteiger partial charge is 0.306 e. The van der Waals surface area contributed by atoms with E-state index in [1.54, 1.807) is 0 Å². The van der Waals surface area contributed by atoms with Gasteiger partial charge in [-0.05, 0) is 70.7 Å². The molecule has 0 unspecified atom stereocenters. The Hall–Kier alpha value is -0.0800. The highest BCUT2D eigenvalue weighted by Gasteiger charge is 2.28. The maximum atomic E-state index is 2.77. The molecule has 18 heavy (non-hydrogen) atoms. The Labute approximate surface area is 115 Å². The second-order valence-corrected chi connectivity index (χ2v) is 6.15. The van der Waals surface area contributed by atoms with E-state index in [0.717, 1.165) is 17.9 Å². The van der Waals surface area contributed by atoms with E-state index in [2.05, 4.69) is 30.7 Å². The van der Waals surface area contributed by atoms with Gasteiger partial charge in [0.15, 0.2) is 0 Å². The van der Waals surface area contributed by atoms with Crippen LogP contribution in [-0.2, 0) is 0 Å². The molecule has 2 fully saturated rings. The fourth-order valence-corrected chi connectivity index (χ4v) is 3.31. The van der Waals surface area contributed by atoms with Gasteiger partial charge in [0.2, 0.25) is 0 Å². The van der Waals surface area contributed by atoms with Crippen molar-refractivity contribution in [2.75, 3.05) is 33.2 Å². The minimum Gasteiger partial charge on any atom is -0.306 e. The molecule has 0 aliphatic carbocycles. The van der Waals surface area contributed by atoms with Crippen LogP contribution in [0, 0.1) is 11.8 Å². The van der Waals surface area contributed by atoms with Crippen LogP contribution in [-0.4, -0.2) is 49.1 Å². The summed E-state index contributed by atoms with van der Waals surface area (Å²) >= 11 is 0. The maximum absolute atomic E-state index is 2.77. The molecule has 0 N–H and O–H groups in total. The lowest BCUT2D eigenvalue weighted by molar-refractivity contribution is 0.0758. The second-order valence-electron chi connectivity index (χ2n) is 6.15. The number of hydrogen-bond donors (Lipinski definition) is 0. The smallest absolute Gasteiger partial charge is 0.0120 e. The number of hydrogen-bond acceptors (Lipinski definition) is 2. The number of likely N-dealkylation sites (tertiary alicyclic amines) is 2. The summed E-state index contributed by atoms with van der Waals surface area (Å²) in [7, 11) is 2.25. The summed E-state index contributed by atoms with van der Waals surface area (Å²) in [5.41, 5.74) is 0. The molecule has 2 rings (SSSR count). The van der Waals surface area contributed by atoms with E-state index >= 15 is 0 Å². The van der Waals surface area contributed by atoms with Gasteiger partial charge in [0.05, 0.1) is 0 Å². The van der Waals surface area contributed by atoms with Crippen LogP contribution in [0.1, 0.15) is 53.4 Å². The van der Waals surface area contributed by atoms with Crippen molar-refractivity contribution in [2.45, 2.75) is 59.4 Å². The van der Waals surface area contributed by atoms with Crippen LogP contribution in [0.2, 0.25) is 0 Å². The first-order valence-corrected chi connectivity index (χ1v) is 8.09. The monoisotopic (exact) mass is 254 g/mol. The van der Waals surface area contributed by atoms with Crippen LogP contribution < -0.4 is 0 Å². The van der Waals surface area contributed by atoms with Crippen molar-refractivity contribution in [3.63, 3.8) is 0 Å². The van der Waals surface area contributed by atoms with Gasteiger partial charge in [-0.15, -0.1) is 0 Å². The van der Waals surface area contributed by atoms with Gasteiger partial charge < -0.3 is 9.80 Å². The zero-order chi connectivity index (χ0) is 13.5. The lowest BCUT2D eigenvalue weighted by atomic mass is 9.85. The fraction of sp³-hybridized carbons (Fsp3) is 1.00. The Morgan fingerprint density at radius 2 is 1.33 bits per heavy atom. The molecule has 0 aromatic carbocycles. The molecule has 2 heterocycles. The molecule has 0 aromatic heterocycles. The van der Waals surface area contributed by atoms with E-state index < -0.39 is 0 Å². The molecule has 2 aliphatic rings. The molecule has 2 aliphatic heterocycles. The summed E-state index contributed by atoms with van der Waals surface area (Å²) in [5, 5.41) is 0. The second kappa shape index (κ2) is 8.16. The summed E-state index contributed by atoms with van der Waals surface area (Å²) in [6.07, 6.45) is 5.65. The van der Waals surface area contributed by atoms with E-state index in [0.29, 0.717) is 0 Å². The van der Waals surface area contributed by atoms with Crippen LogP contribution in [0.3, 0.4) is 0 Å². The summed E-state index contributed by atoms with van der Waals surface area (Å²) in [6, 6.07) is 0.893. The zero-order valence-corrected chi connectivity index (χ0v) is 13.3. The van der Waals surface area contributed by atoms with Crippen molar-refractivity contribution in [3.05, 3.63) is 0 Å². The molecular weight excluding hydrogens is 220 g/mol. The van der Waals surface area contributed by atoms with Crippen molar-refractivity contribution >= 4 is 0 Å². The van der Waals surface area contributed by atoms with Gasteiger partial charge in [-0.2, -0.15) is 0 Å². The highest BCUT2D eigenvalue weighted by atomic mass is 15.2. The average molecular weight is 254 g/mol. The topological polar surface area (TPSA) is 6.48 Å². The zero-order valence-electron chi connectivity index (χ0n) is 13.3. The molecule has 0 saturated carbocycles. The summed E-state index contributed by atoms with van der Waals surface area (Å²) in [4.78, 5) is 5.24. The van der Waals surface area contributed by atoms with Gasteiger partial charge in [0, 0.05) is 6.04 Å². The van der Waals surface area contributed by atoms with Gasteiger partial charge in [0.1, 0.15) is 0 Å². The van der Waals surface area contributed by atoms with E-state index in [1.165, 1.54) is 51.9 Å². The molecule has 0 bridgehead atoms. The van der Waals surface area contributed by atoms with E-state index in [1.807, 2.05) is 13.8 Å². The normalized spacial score (nSPS) is 25.0. The van der Waals surface area contributed by atoms with Crippen molar-refractivity contribution in [3.8, 4) is 0 Å². The molecular formula is C16H34N2. The molecule has 2 nitrogen and oxygen atoms in total. The standard InChI is InChI=1S/C14H28N2.C2H6/c1-12(2)13-4-10-16(11-5-13)14-6-8-15(3)9-7-14;1-2/h12-14H,4-11H2,1-3H3;1-2H3. The molecule has 2 heteroatoms. The lowest BCUT2D eigenvalue weighted by Gasteiger charge is -2.41. The Kier molecular flexibility index (Phi) is 7.25. The first kappa shape index (κ1) is 16.0. The minimum absolute atomic E-state index is 0.889. The van der Waals surface area contributed by atoms with Crippen LogP contribution >= 0.6 is 0 Å². The number of piperidine rings is 2. The third-order valence-corrected chi connectivity index (χ3v) is 4.72. The number of nitrogens with zero attached hydrogens (tertiary/aromatic N) is 2. The fourth-order valence-electron chi connectivity index (χ4n) is 3.31. The van der Waals surface area contributed by atoms with Crippen molar-refractivity contribution in [2.24, 2.45) is 11.8 Å². The van der Waals surface area contributed by atoms with Gasteiger partial charge in [0.25, 0.3) is 0 Å². The molecule has 0 amide bonds. The van der Waals surface area contributed by atoms with Crippen LogP contribution in [0.25, 0.3) is 0 Å². The van der Waals surface area contributed by atoms with Crippen molar-refractivity contribution in [1.82, 2.24) is 9.80 Å². The third-order valence-electron chi connectivity index (χ3n) is 4.72. The van der Waals surface area contributed by atoms with Crippen LogP contribution in [0.4, 0.5) is 0 Å². The van der Waals surface area contributed by atoms with Gasteiger partial charge in [-0.1, -0.05) is 27.7 Å². The van der Waals surface area contributed by atoms with Crippen molar-refractivity contribution < 1.29 is 0 Å². The lowest BCUT2D eigenvalue weighted by Crippen LogP contribution is -2.47. The van der Waals surface area contributed by atoms with E-state index in [-0.39, 0.29) is 0 Å². The molecule has 0 aromatic rings. The quantitative estimate of drug-likeness (QED) is 0.744. The number of rotatable bonds is 2. The first-order valence-electron chi connectivity index (χ1n) is 8.09. The Bertz CT molecular complexity index is 199. The highest BCUT2D eigenvalue weighted by Crippen LogP contribution is 2.27. The predicted octanol–water partition coefficient (Wildman–Crippen LogP) is 3.47. The van der Waals surface area contributed by atoms with Gasteiger partial charge in [-0.25, -0.2) is 0 Å². The SMILES string of the molecule is CC.CC(C)C1CCN(C2CCN(C)CC2)CC1. The molecule has 0 spiro atoms. The third kappa shape index (κ3) is 4.55. The maximum Gasteiger partial charge on any atom is 0.0120 e.